The largest absolute Gasteiger partial charge is 0.493 e. The molecule has 0 saturated carbocycles. The van der Waals surface area contributed by atoms with Crippen LogP contribution >= 0.6 is 24.0 Å². The van der Waals surface area contributed by atoms with Crippen LogP contribution in [0.3, 0.4) is 0 Å². The Kier molecular flexibility index (Phi) is 5.78. The van der Waals surface area contributed by atoms with Crippen LogP contribution in [-0.2, 0) is 0 Å². The Labute approximate surface area is 113 Å². The molecule has 17 heavy (non-hydrogen) atoms. The van der Waals surface area contributed by atoms with E-state index >= 15 is 0 Å². The first-order chi connectivity index (χ1) is 8.06. The second-order valence-electron chi connectivity index (χ2n) is 4.00. The maximum atomic E-state index is 5.81. The number of hydrogen-bond donors (Lipinski definition) is 1. The normalized spacial score (nSPS) is 10.3. The van der Waals surface area contributed by atoms with Gasteiger partial charge in [-0.2, -0.15) is 11.8 Å². The molecule has 0 atom stereocenters. The van der Waals surface area contributed by atoms with Crippen molar-refractivity contribution in [2.45, 2.75) is 20.3 Å². The minimum absolute atomic E-state index is 0.435. The minimum atomic E-state index is 0.435. The van der Waals surface area contributed by atoms with E-state index < -0.39 is 0 Å². The first-order valence-corrected chi connectivity index (χ1v) is 7.39. The zero-order chi connectivity index (χ0) is 12.8. The van der Waals surface area contributed by atoms with Gasteiger partial charge in [-0.25, -0.2) is 0 Å². The van der Waals surface area contributed by atoms with E-state index in [1.54, 1.807) is 0 Å². The summed E-state index contributed by atoms with van der Waals surface area (Å²) in [5.41, 5.74) is 8.73. The average molecular weight is 269 g/mol. The molecule has 0 aromatic heterocycles. The van der Waals surface area contributed by atoms with Crippen molar-refractivity contribution in [2.75, 3.05) is 18.6 Å². The summed E-state index contributed by atoms with van der Waals surface area (Å²) in [6, 6.07) is 3.97. The maximum Gasteiger partial charge on any atom is 0.125 e. The van der Waals surface area contributed by atoms with Gasteiger partial charge in [0.1, 0.15) is 10.7 Å². The standard InChI is InChI=1S/C13H19NOS2/c1-9-7-11(13(14)16)8-10(2)12(9)15-5-4-6-17-3/h7-8H,4-6H2,1-3H3,(H2,14,16). The molecule has 0 saturated heterocycles. The molecule has 0 amide bonds. The second-order valence-corrected chi connectivity index (χ2v) is 5.42. The van der Waals surface area contributed by atoms with Crippen molar-refractivity contribution in [3.63, 3.8) is 0 Å². The van der Waals surface area contributed by atoms with E-state index in [1.165, 1.54) is 0 Å². The van der Waals surface area contributed by atoms with E-state index in [-0.39, 0.29) is 0 Å². The fourth-order valence-corrected chi connectivity index (χ4v) is 2.22. The average Bonchev–Trinajstić information content (AvgIpc) is 2.26. The fraction of sp³-hybridized carbons (Fsp3) is 0.462. The van der Waals surface area contributed by atoms with Crippen molar-refractivity contribution >= 4 is 29.0 Å². The third-order valence-electron chi connectivity index (χ3n) is 2.48. The summed E-state index contributed by atoms with van der Waals surface area (Å²) in [5.74, 6) is 2.09. The summed E-state index contributed by atoms with van der Waals surface area (Å²) >= 11 is 6.82. The number of nitrogens with two attached hydrogens (primary N) is 1. The first kappa shape index (κ1) is 14.3. The summed E-state index contributed by atoms with van der Waals surface area (Å²) < 4.78 is 5.81. The molecule has 94 valence electrons. The van der Waals surface area contributed by atoms with E-state index in [1.807, 2.05) is 37.7 Å². The molecule has 0 aliphatic rings. The van der Waals surface area contributed by atoms with Gasteiger partial charge in [-0.3, -0.25) is 0 Å². The van der Waals surface area contributed by atoms with Crippen molar-refractivity contribution in [3.05, 3.63) is 28.8 Å². The molecule has 2 nitrogen and oxygen atoms in total. The van der Waals surface area contributed by atoms with Gasteiger partial charge in [0.2, 0.25) is 0 Å². The smallest absolute Gasteiger partial charge is 0.125 e. The summed E-state index contributed by atoms with van der Waals surface area (Å²) in [6.45, 7) is 4.81. The fourth-order valence-electron chi connectivity index (χ4n) is 1.70. The van der Waals surface area contributed by atoms with Crippen LogP contribution in [0.4, 0.5) is 0 Å². The Balaban J connectivity index is 2.76. The van der Waals surface area contributed by atoms with Crippen LogP contribution in [-0.4, -0.2) is 23.6 Å². The molecule has 0 unspecified atom stereocenters. The molecule has 0 heterocycles. The Morgan fingerprint density at radius 3 is 2.41 bits per heavy atom. The Hall–Kier alpha value is -0.740. The number of aryl methyl sites for hydroxylation is 2. The number of thioether (sulfide) groups is 1. The molecule has 1 aromatic carbocycles. The topological polar surface area (TPSA) is 35.2 Å². The van der Waals surface area contributed by atoms with E-state index in [4.69, 9.17) is 22.7 Å². The van der Waals surface area contributed by atoms with Gasteiger partial charge in [0.05, 0.1) is 6.61 Å². The van der Waals surface area contributed by atoms with E-state index in [2.05, 4.69) is 6.26 Å². The Bertz CT molecular complexity index is 381. The zero-order valence-corrected chi connectivity index (χ0v) is 12.2. The van der Waals surface area contributed by atoms with Crippen molar-refractivity contribution < 1.29 is 4.74 Å². The second kappa shape index (κ2) is 6.87. The van der Waals surface area contributed by atoms with Crippen LogP contribution in [0.2, 0.25) is 0 Å². The van der Waals surface area contributed by atoms with Crippen LogP contribution < -0.4 is 10.5 Å². The van der Waals surface area contributed by atoms with Crippen LogP contribution in [0.25, 0.3) is 0 Å². The maximum absolute atomic E-state index is 5.81. The van der Waals surface area contributed by atoms with Crippen LogP contribution in [0.5, 0.6) is 5.75 Å². The molecule has 4 heteroatoms. The van der Waals surface area contributed by atoms with E-state index in [9.17, 15) is 0 Å². The van der Waals surface area contributed by atoms with Gasteiger partial charge in [0.25, 0.3) is 0 Å². The van der Waals surface area contributed by atoms with Crippen molar-refractivity contribution in [3.8, 4) is 5.75 Å². The lowest BCUT2D eigenvalue weighted by atomic mass is 10.1. The molecule has 1 aromatic rings. The molecular weight excluding hydrogens is 250 g/mol. The molecule has 0 radical (unpaired) electrons. The number of rotatable bonds is 6. The molecule has 1 rings (SSSR count). The molecule has 0 bridgehead atoms. The van der Waals surface area contributed by atoms with Gasteiger partial charge >= 0.3 is 0 Å². The summed E-state index contributed by atoms with van der Waals surface area (Å²) in [6.07, 6.45) is 3.17. The predicted octanol–water partition coefficient (Wildman–Crippen LogP) is 3.07. The molecule has 0 spiro atoms. The molecular formula is C13H19NOS2. The van der Waals surface area contributed by atoms with Gasteiger partial charge in [-0.15, -0.1) is 0 Å². The molecule has 0 aliphatic heterocycles. The quantitative estimate of drug-likeness (QED) is 0.636. The van der Waals surface area contributed by atoms with Gasteiger partial charge in [-0.05, 0) is 55.5 Å². The minimum Gasteiger partial charge on any atom is -0.493 e. The van der Waals surface area contributed by atoms with Crippen LogP contribution in [0.1, 0.15) is 23.1 Å². The predicted molar refractivity (Wildman–Crippen MR) is 80.3 cm³/mol. The SMILES string of the molecule is CSCCCOc1c(C)cc(C(N)=S)cc1C. The van der Waals surface area contributed by atoms with Gasteiger partial charge in [-0.1, -0.05) is 12.2 Å². The lowest BCUT2D eigenvalue weighted by Gasteiger charge is -2.13. The highest BCUT2D eigenvalue weighted by Crippen LogP contribution is 2.25. The highest BCUT2D eigenvalue weighted by molar-refractivity contribution is 7.98. The number of ether oxygens (including phenoxy) is 1. The number of hydrogen-bond acceptors (Lipinski definition) is 3. The third-order valence-corrected chi connectivity index (χ3v) is 3.42. The summed E-state index contributed by atoms with van der Waals surface area (Å²) in [4.78, 5) is 0.435. The van der Waals surface area contributed by atoms with Gasteiger partial charge in [0.15, 0.2) is 0 Å². The first-order valence-electron chi connectivity index (χ1n) is 5.59. The van der Waals surface area contributed by atoms with Crippen LogP contribution in [0.15, 0.2) is 12.1 Å². The lowest BCUT2D eigenvalue weighted by Crippen LogP contribution is -2.11. The highest BCUT2D eigenvalue weighted by Gasteiger charge is 2.07. The van der Waals surface area contributed by atoms with E-state index in [0.717, 1.165) is 41.2 Å². The van der Waals surface area contributed by atoms with Crippen molar-refractivity contribution in [2.24, 2.45) is 5.73 Å². The highest BCUT2D eigenvalue weighted by atomic mass is 32.2. The van der Waals surface area contributed by atoms with Gasteiger partial charge in [0, 0.05) is 5.56 Å². The summed E-state index contributed by atoms with van der Waals surface area (Å²) in [5, 5.41) is 0. The monoisotopic (exact) mass is 269 g/mol. The molecule has 0 aliphatic carbocycles. The van der Waals surface area contributed by atoms with E-state index in [0.29, 0.717) is 4.99 Å². The zero-order valence-electron chi connectivity index (χ0n) is 10.6. The Morgan fingerprint density at radius 1 is 1.35 bits per heavy atom. The molecule has 0 fully saturated rings. The lowest BCUT2D eigenvalue weighted by molar-refractivity contribution is 0.314. The van der Waals surface area contributed by atoms with Gasteiger partial charge < -0.3 is 10.5 Å². The molecule has 2 N–H and O–H groups in total. The Morgan fingerprint density at radius 2 is 1.94 bits per heavy atom. The van der Waals surface area contributed by atoms with Crippen LogP contribution in [0, 0.1) is 13.8 Å². The number of benzene rings is 1. The summed E-state index contributed by atoms with van der Waals surface area (Å²) in [7, 11) is 0. The van der Waals surface area contributed by atoms with Crippen molar-refractivity contribution in [1.29, 1.82) is 0 Å². The van der Waals surface area contributed by atoms with Crippen molar-refractivity contribution in [1.82, 2.24) is 0 Å². The third kappa shape index (κ3) is 4.21. The number of thiocarbonyl (C=S) groups is 1.